The van der Waals surface area contributed by atoms with Crippen LogP contribution in [0.2, 0.25) is 0 Å². The van der Waals surface area contributed by atoms with Crippen LogP contribution < -0.4 is 16.0 Å². The number of halogens is 1. The number of ether oxygens (including phenoxy) is 1. The predicted molar refractivity (Wildman–Crippen MR) is 102 cm³/mol. The van der Waals surface area contributed by atoms with Gasteiger partial charge in [0.25, 0.3) is 0 Å². The molecule has 1 aliphatic rings. The summed E-state index contributed by atoms with van der Waals surface area (Å²) in [6, 6.07) is 5.87. The van der Waals surface area contributed by atoms with Crippen LogP contribution in [0.5, 0.6) is 0 Å². The van der Waals surface area contributed by atoms with Gasteiger partial charge in [-0.2, -0.15) is 5.10 Å². The number of aryl methyl sites for hydroxylation is 1. The quantitative estimate of drug-likeness (QED) is 0.496. The van der Waals surface area contributed by atoms with Crippen LogP contribution in [0, 0.1) is 5.82 Å². The highest BCUT2D eigenvalue weighted by Gasteiger charge is 2.22. The SMILES string of the molecule is CN=C(NCC(=O)Nc1cccc(F)c1)NC1CCc2nc(COC)nn2C1. The third-order valence-electron chi connectivity index (χ3n) is 4.26. The maximum absolute atomic E-state index is 13.2. The van der Waals surface area contributed by atoms with Crippen LogP contribution in [0.4, 0.5) is 10.1 Å². The van der Waals surface area contributed by atoms with E-state index in [1.54, 1.807) is 26.3 Å². The molecule has 0 saturated heterocycles. The number of anilines is 1. The minimum absolute atomic E-state index is 0.00939. The molecule has 1 unspecified atom stereocenters. The Balaban J connectivity index is 1.48. The fourth-order valence-electron chi connectivity index (χ4n) is 2.99. The highest BCUT2D eigenvalue weighted by molar-refractivity contribution is 5.95. The van der Waals surface area contributed by atoms with Crippen molar-refractivity contribution in [3.05, 3.63) is 41.7 Å². The molecule has 9 nitrogen and oxygen atoms in total. The summed E-state index contributed by atoms with van der Waals surface area (Å²) < 4.78 is 20.1. The molecule has 28 heavy (non-hydrogen) atoms. The molecule has 3 rings (SSSR count). The van der Waals surface area contributed by atoms with Crippen molar-refractivity contribution in [1.29, 1.82) is 0 Å². The maximum atomic E-state index is 13.2. The fraction of sp³-hybridized carbons (Fsp3) is 0.444. The molecule has 1 aliphatic heterocycles. The van der Waals surface area contributed by atoms with E-state index in [-0.39, 0.29) is 18.5 Å². The Hall–Kier alpha value is -3.01. The Morgan fingerprint density at radius 3 is 3.07 bits per heavy atom. The number of fused-ring (bicyclic) bond motifs is 1. The first-order chi connectivity index (χ1) is 13.6. The Labute approximate surface area is 162 Å². The lowest BCUT2D eigenvalue weighted by Gasteiger charge is -2.25. The smallest absolute Gasteiger partial charge is 0.243 e. The summed E-state index contributed by atoms with van der Waals surface area (Å²) in [5.41, 5.74) is 0.410. The molecule has 1 atom stereocenters. The summed E-state index contributed by atoms with van der Waals surface area (Å²) in [4.78, 5) is 20.7. The largest absolute Gasteiger partial charge is 0.377 e. The number of aromatic nitrogens is 3. The number of benzene rings is 1. The molecule has 0 bridgehead atoms. The molecule has 1 amide bonds. The van der Waals surface area contributed by atoms with Gasteiger partial charge in [0.15, 0.2) is 11.8 Å². The molecule has 0 saturated carbocycles. The van der Waals surface area contributed by atoms with Crippen molar-refractivity contribution in [1.82, 2.24) is 25.4 Å². The number of rotatable bonds is 6. The zero-order valence-electron chi connectivity index (χ0n) is 15.9. The lowest BCUT2D eigenvalue weighted by Crippen LogP contribution is -2.48. The van der Waals surface area contributed by atoms with E-state index in [1.807, 2.05) is 4.68 Å². The van der Waals surface area contributed by atoms with Crippen LogP contribution in [0.15, 0.2) is 29.3 Å². The van der Waals surface area contributed by atoms with Crippen molar-refractivity contribution < 1.29 is 13.9 Å². The first kappa shape index (κ1) is 19.7. The molecule has 2 heterocycles. The van der Waals surface area contributed by atoms with Crippen molar-refractivity contribution in [3.8, 4) is 0 Å². The average molecular weight is 389 g/mol. The van der Waals surface area contributed by atoms with Crippen molar-refractivity contribution >= 4 is 17.6 Å². The molecule has 0 radical (unpaired) electrons. The number of hydrogen-bond acceptors (Lipinski definition) is 5. The topological polar surface area (TPSA) is 105 Å². The van der Waals surface area contributed by atoms with Gasteiger partial charge in [0, 0.05) is 32.3 Å². The van der Waals surface area contributed by atoms with Crippen LogP contribution in [-0.2, 0) is 29.1 Å². The van der Waals surface area contributed by atoms with Gasteiger partial charge in [0.05, 0.1) is 13.1 Å². The number of methoxy groups -OCH3 is 1. The molecule has 150 valence electrons. The predicted octanol–water partition coefficient (Wildman–Crippen LogP) is 0.682. The molecular weight excluding hydrogens is 365 g/mol. The minimum Gasteiger partial charge on any atom is -0.377 e. The molecule has 3 N–H and O–H groups in total. The fourth-order valence-corrected chi connectivity index (χ4v) is 2.99. The van der Waals surface area contributed by atoms with Gasteiger partial charge in [0.2, 0.25) is 5.91 Å². The van der Waals surface area contributed by atoms with Crippen molar-refractivity contribution in [2.24, 2.45) is 4.99 Å². The van der Waals surface area contributed by atoms with Gasteiger partial charge in [-0.15, -0.1) is 0 Å². The van der Waals surface area contributed by atoms with Crippen LogP contribution in [0.1, 0.15) is 18.1 Å². The molecular formula is C18H24FN7O2. The van der Waals surface area contributed by atoms with Gasteiger partial charge in [-0.1, -0.05) is 6.07 Å². The number of carbonyl (C=O) groups excluding carboxylic acids is 1. The second-order valence-electron chi connectivity index (χ2n) is 6.42. The lowest BCUT2D eigenvalue weighted by molar-refractivity contribution is -0.115. The number of nitrogens with one attached hydrogen (secondary N) is 3. The zero-order valence-corrected chi connectivity index (χ0v) is 15.9. The van der Waals surface area contributed by atoms with Crippen molar-refractivity contribution in [2.75, 3.05) is 26.0 Å². The summed E-state index contributed by atoms with van der Waals surface area (Å²) in [6.45, 7) is 1.06. The van der Waals surface area contributed by atoms with Crippen molar-refractivity contribution in [2.45, 2.75) is 32.0 Å². The van der Waals surface area contributed by atoms with Gasteiger partial charge >= 0.3 is 0 Å². The normalized spacial score (nSPS) is 16.4. The Kier molecular flexibility index (Phi) is 6.53. The number of carbonyl (C=O) groups is 1. The maximum Gasteiger partial charge on any atom is 0.243 e. The van der Waals surface area contributed by atoms with Crippen LogP contribution in [0.25, 0.3) is 0 Å². The van der Waals surface area contributed by atoms with Gasteiger partial charge < -0.3 is 20.7 Å². The third kappa shape index (κ3) is 5.26. The summed E-state index contributed by atoms with van der Waals surface area (Å²) in [5.74, 6) is 1.44. The second kappa shape index (κ2) is 9.27. The molecule has 1 aromatic heterocycles. The van der Waals surface area contributed by atoms with E-state index in [4.69, 9.17) is 4.74 Å². The molecule has 10 heteroatoms. The number of guanidine groups is 1. The molecule has 1 aromatic carbocycles. The highest BCUT2D eigenvalue weighted by atomic mass is 19.1. The van der Waals surface area contributed by atoms with E-state index in [0.717, 1.165) is 18.7 Å². The van der Waals surface area contributed by atoms with E-state index in [2.05, 4.69) is 31.0 Å². The number of amides is 1. The van der Waals surface area contributed by atoms with Crippen molar-refractivity contribution in [3.63, 3.8) is 0 Å². The standard InChI is InChI=1S/C18H24FN7O2/c1-20-18(21-9-17(27)22-13-5-3-4-12(19)8-13)23-14-6-7-16-24-15(11-28-2)25-26(16)10-14/h3-5,8,14H,6-7,9-11H2,1-2H3,(H,22,27)(H2,20,21,23). The summed E-state index contributed by atoms with van der Waals surface area (Å²) >= 11 is 0. The first-order valence-corrected chi connectivity index (χ1v) is 9.01. The number of aliphatic imine (C=N–C) groups is 1. The summed E-state index contributed by atoms with van der Waals surface area (Å²) in [7, 11) is 3.25. The summed E-state index contributed by atoms with van der Waals surface area (Å²) in [6.07, 6.45) is 1.67. The number of hydrogen-bond donors (Lipinski definition) is 3. The number of nitrogens with zero attached hydrogens (tertiary/aromatic N) is 4. The molecule has 0 spiro atoms. The summed E-state index contributed by atoms with van der Waals surface area (Å²) in [5, 5.41) is 13.3. The molecule has 2 aromatic rings. The van der Waals surface area contributed by atoms with Gasteiger partial charge in [-0.05, 0) is 24.6 Å². The first-order valence-electron chi connectivity index (χ1n) is 9.01. The van der Waals surface area contributed by atoms with Crippen LogP contribution >= 0.6 is 0 Å². The highest BCUT2D eigenvalue weighted by Crippen LogP contribution is 2.13. The molecule has 0 fully saturated rings. The molecule has 0 aliphatic carbocycles. The lowest BCUT2D eigenvalue weighted by atomic mass is 10.1. The van der Waals surface area contributed by atoms with Gasteiger partial charge in [-0.25, -0.2) is 14.1 Å². The second-order valence-corrected chi connectivity index (χ2v) is 6.42. The average Bonchev–Trinajstić information content (AvgIpc) is 3.07. The van der Waals surface area contributed by atoms with E-state index in [0.29, 0.717) is 30.6 Å². The monoisotopic (exact) mass is 389 g/mol. The van der Waals surface area contributed by atoms with Crippen LogP contribution in [0.3, 0.4) is 0 Å². The van der Waals surface area contributed by atoms with E-state index in [1.165, 1.54) is 12.1 Å². The van der Waals surface area contributed by atoms with Gasteiger partial charge in [-0.3, -0.25) is 9.79 Å². The minimum atomic E-state index is -0.401. The third-order valence-corrected chi connectivity index (χ3v) is 4.26. The Morgan fingerprint density at radius 1 is 1.46 bits per heavy atom. The van der Waals surface area contributed by atoms with E-state index >= 15 is 0 Å². The van der Waals surface area contributed by atoms with Crippen LogP contribution in [-0.4, -0.2) is 53.4 Å². The Bertz CT molecular complexity index is 852. The van der Waals surface area contributed by atoms with Gasteiger partial charge in [0.1, 0.15) is 18.2 Å². The van der Waals surface area contributed by atoms with E-state index in [9.17, 15) is 9.18 Å². The van der Waals surface area contributed by atoms with E-state index < -0.39 is 5.82 Å². The Morgan fingerprint density at radius 2 is 2.32 bits per heavy atom. The zero-order chi connectivity index (χ0) is 19.9.